The van der Waals surface area contributed by atoms with Crippen LogP contribution in [0.1, 0.15) is 174 Å². The molecule has 0 bridgehead atoms. The molecule has 6 N–H and O–H groups in total. The number of ether oxygens (including phenoxy) is 2. The number of phosphoric ester groups is 1. The van der Waals surface area contributed by atoms with Gasteiger partial charge in [-0.3, -0.25) is 18.6 Å². The number of allylic oxidation sites excluding steroid dienone is 8. The minimum absolute atomic E-state index is 0.0792. The molecule has 60 heavy (non-hydrogen) atoms. The first kappa shape index (κ1) is 55.8. The number of phosphoric acid groups is 1. The van der Waals surface area contributed by atoms with Crippen LogP contribution in [0.15, 0.2) is 48.6 Å². The van der Waals surface area contributed by atoms with Crippen molar-refractivity contribution in [3.05, 3.63) is 48.6 Å². The summed E-state index contributed by atoms with van der Waals surface area (Å²) in [5, 5.41) is 50.1. The van der Waals surface area contributed by atoms with Gasteiger partial charge < -0.3 is 39.9 Å². The lowest BCUT2D eigenvalue weighted by atomic mass is 9.85. The fraction of sp³-hybridized carbons (Fsp3) is 0.783. The van der Waals surface area contributed by atoms with Crippen LogP contribution >= 0.6 is 7.82 Å². The largest absolute Gasteiger partial charge is 0.472 e. The van der Waals surface area contributed by atoms with E-state index in [1.807, 2.05) is 0 Å². The number of hydrogen-bond donors (Lipinski definition) is 6. The molecule has 13 nitrogen and oxygen atoms in total. The topological polar surface area (TPSA) is 210 Å². The molecule has 0 radical (unpaired) electrons. The molecule has 1 aliphatic carbocycles. The first-order chi connectivity index (χ1) is 28.9. The minimum atomic E-state index is -5.12. The van der Waals surface area contributed by atoms with Crippen molar-refractivity contribution in [2.45, 2.75) is 217 Å². The maximum absolute atomic E-state index is 12.8. The molecule has 348 valence electrons. The summed E-state index contributed by atoms with van der Waals surface area (Å²) in [7, 11) is -5.12. The Morgan fingerprint density at radius 3 is 1.38 bits per heavy atom. The number of rotatable bonds is 37. The zero-order chi connectivity index (χ0) is 44.3. The maximum Gasteiger partial charge on any atom is 0.472 e. The second-order valence-corrected chi connectivity index (χ2v) is 17.3. The fourth-order valence-corrected chi connectivity index (χ4v) is 7.61. The van der Waals surface area contributed by atoms with E-state index in [9.17, 15) is 44.6 Å². The van der Waals surface area contributed by atoms with Crippen molar-refractivity contribution in [3.8, 4) is 0 Å². The highest BCUT2D eigenvalue weighted by Crippen LogP contribution is 2.47. The average molecular weight is 873 g/mol. The van der Waals surface area contributed by atoms with Crippen LogP contribution < -0.4 is 0 Å². The monoisotopic (exact) mass is 873 g/mol. The van der Waals surface area contributed by atoms with E-state index in [2.05, 4.69) is 62.5 Å². The number of hydrogen-bond acceptors (Lipinski definition) is 12. The molecule has 6 unspecified atom stereocenters. The Hall–Kier alpha value is -2.19. The van der Waals surface area contributed by atoms with Crippen molar-refractivity contribution in [2.75, 3.05) is 13.2 Å². The third-order valence-corrected chi connectivity index (χ3v) is 11.4. The van der Waals surface area contributed by atoms with Crippen molar-refractivity contribution < 1.29 is 63.1 Å². The van der Waals surface area contributed by atoms with Gasteiger partial charge in [-0.05, 0) is 77.0 Å². The Bertz CT molecular complexity index is 1240. The fourth-order valence-electron chi connectivity index (χ4n) is 6.64. The summed E-state index contributed by atoms with van der Waals surface area (Å²) in [5.41, 5.74) is 0. The summed E-state index contributed by atoms with van der Waals surface area (Å²) in [6, 6.07) is 0. The number of aliphatic hydroxyl groups excluding tert-OH is 5. The first-order valence-electron chi connectivity index (χ1n) is 22.9. The van der Waals surface area contributed by atoms with E-state index >= 15 is 0 Å². The lowest BCUT2D eigenvalue weighted by molar-refractivity contribution is -0.220. The molecular weight excluding hydrogens is 791 g/mol. The SMILES string of the molecule is CCCCC/C=C\C/C=C\C/C=C\CCCCCCCCC(=O)OC(COC(=O)CCCCCCC/C=C\CCCCC)COP(=O)(O)OC1C(O)C(O)C(O)C(O)C1O. The second kappa shape index (κ2) is 36.3. The van der Waals surface area contributed by atoms with Gasteiger partial charge in [0, 0.05) is 12.8 Å². The molecule has 1 rings (SSSR count). The van der Waals surface area contributed by atoms with E-state index in [1.54, 1.807) is 0 Å². The van der Waals surface area contributed by atoms with Crippen LogP contribution in [0.5, 0.6) is 0 Å². The number of carbonyl (C=O) groups excluding carboxylic acids is 2. The predicted molar refractivity (Wildman–Crippen MR) is 235 cm³/mol. The zero-order valence-corrected chi connectivity index (χ0v) is 37.6. The summed E-state index contributed by atoms with van der Waals surface area (Å²) in [4.78, 5) is 35.6. The number of esters is 2. The maximum atomic E-state index is 12.8. The van der Waals surface area contributed by atoms with Crippen LogP contribution in [0.2, 0.25) is 0 Å². The molecule has 0 aromatic rings. The van der Waals surface area contributed by atoms with Gasteiger partial charge in [-0.25, -0.2) is 4.57 Å². The van der Waals surface area contributed by atoms with E-state index in [0.29, 0.717) is 12.8 Å². The quantitative estimate of drug-likeness (QED) is 0.0149. The molecule has 0 heterocycles. The lowest BCUT2D eigenvalue weighted by Gasteiger charge is -2.41. The Labute approximate surface area is 360 Å². The van der Waals surface area contributed by atoms with Crippen molar-refractivity contribution in [3.63, 3.8) is 0 Å². The van der Waals surface area contributed by atoms with Crippen molar-refractivity contribution in [1.82, 2.24) is 0 Å². The van der Waals surface area contributed by atoms with Crippen LogP contribution in [-0.2, 0) is 32.7 Å². The Morgan fingerprint density at radius 2 is 0.900 bits per heavy atom. The van der Waals surface area contributed by atoms with Gasteiger partial charge in [0.05, 0.1) is 6.61 Å². The molecule has 0 aromatic carbocycles. The van der Waals surface area contributed by atoms with E-state index < -0.39 is 75.7 Å². The van der Waals surface area contributed by atoms with Crippen molar-refractivity contribution in [1.29, 1.82) is 0 Å². The standard InChI is InChI=1S/C46H81O13P/c1-3-5-7-9-11-13-15-17-18-19-20-21-22-23-25-27-29-31-33-35-40(48)58-38(36-56-39(47)34-32-30-28-26-24-16-14-12-10-8-6-4-2)37-57-60(54,55)59-46-44(52)42(50)41(49)43(51)45(46)53/h11-14,17-18,20-21,38,41-46,49-53H,3-10,15-16,19,22-37H2,1-2H3,(H,54,55)/b13-11-,14-12-,18-17-,21-20-. The van der Waals surface area contributed by atoms with Crippen LogP contribution in [0.3, 0.4) is 0 Å². The Morgan fingerprint density at radius 1 is 0.517 bits per heavy atom. The molecule has 1 aliphatic rings. The third kappa shape index (κ3) is 28.4. The van der Waals surface area contributed by atoms with Gasteiger partial charge >= 0.3 is 19.8 Å². The highest BCUT2D eigenvalue weighted by atomic mass is 31.2. The molecule has 1 saturated carbocycles. The molecule has 0 spiro atoms. The normalized spacial score (nSPS) is 22.6. The molecule has 0 aliphatic heterocycles. The molecular formula is C46H81O13P. The summed E-state index contributed by atoms with van der Waals surface area (Å²) < 4.78 is 33.5. The summed E-state index contributed by atoms with van der Waals surface area (Å²) >= 11 is 0. The molecule has 0 amide bonds. The smallest absolute Gasteiger partial charge is 0.462 e. The van der Waals surface area contributed by atoms with Gasteiger partial charge in [0.2, 0.25) is 0 Å². The van der Waals surface area contributed by atoms with Gasteiger partial charge in [-0.2, -0.15) is 0 Å². The van der Waals surface area contributed by atoms with E-state index in [1.165, 1.54) is 38.5 Å². The first-order valence-corrected chi connectivity index (χ1v) is 24.4. The third-order valence-electron chi connectivity index (χ3n) is 10.4. The predicted octanol–water partition coefficient (Wildman–Crippen LogP) is 8.78. The highest BCUT2D eigenvalue weighted by molar-refractivity contribution is 7.47. The minimum Gasteiger partial charge on any atom is -0.462 e. The lowest BCUT2D eigenvalue weighted by Crippen LogP contribution is -2.64. The van der Waals surface area contributed by atoms with E-state index in [0.717, 1.165) is 96.3 Å². The van der Waals surface area contributed by atoms with E-state index in [-0.39, 0.29) is 12.8 Å². The second-order valence-electron chi connectivity index (χ2n) is 15.9. The van der Waals surface area contributed by atoms with Crippen LogP contribution in [-0.4, -0.2) is 98.3 Å². The average Bonchev–Trinajstić information content (AvgIpc) is 3.23. The molecule has 6 atom stereocenters. The van der Waals surface area contributed by atoms with Crippen molar-refractivity contribution in [2.24, 2.45) is 0 Å². The summed E-state index contributed by atoms with van der Waals surface area (Å²) in [5.74, 6) is -1.13. The van der Waals surface area contributed by atoms with Crippen LogP contribution in [0.4, 0.5) is 0 Å². The number of unbranched alkanes of at least 4 members (excludes halogenated alkanes) is 17. The van der Waals surface area contributed by atoms with Crippen LogP contribution in [0, 0.1) is 0 Å². The Balaban J connectivity index is 2.47. The van der Waals surface area contributed by atoms with Gasteiger partial charge in [0.25, 0.3) is 0 Å². The van der Waals surface area contributed by atoms with Gasteiger partial charge in [0.15, 0.2) is 6.10 Å². The molecule has 1 fully saturated rings. The molecule has 0 aromatic heterocycles. The summed E-state index contributed by atoms with van der Waals surface area (Å²) in [6.07, 6.45) is 28.8. The van der Waals surface area contributed by atoms with Gasteiger partial charge in [0.1, 0.15) is 43.2 Å². The van der Waals surface area contributed by atoms with Gasteiger partial charge in [-0.1, -0.05) is 133 Å². The van der Waals surface area contributed by atoms with E-state index in [4.69, 9.17) is 18.5 Å². The molecule has 14 heteroatoms. The zero-order valence-electron chi connectivity index (χ0n) is 36.7. The number of aliphatic hydroxyl groups is 5. The molecule has 0 saturated heterocycles. The Kier molecular flexibility index (Phi) is 33.8. The highest BCUT2D eigenvalue weighted by Gasteiger charge is 2.51. The van der Waals surface area contributed by atoms with Crippen molar-refractivity contribution >= 4 is 19.8 Å². The van der Waals surface area contributed by atoms with Crippen LogP contribution in [0.25, 0.3) is 0 Å². The number of carbonyl (C=O) groups is 2. The van der Waals surface area contributed by atoms with Gasteiger partial charge in [-0.15, -0.1) is 0 Å². The summed E-state index contributed by atoms with van der Waals surface area (Å²) in [6.45, 7) is 3.22.